The van der Waals surface area contributed by atoms with Gasteiger partial charge in [-0.1, -0.05) is 11.2 Å². The van der Waals surface area contributed by atoms with Gasteiger partial charge in [0.1, 0.15) is 0 Å². The third kappa shape index (κ3) is 2.22. The Labute approximate surface area is 94.2 Å². The first-order valence-electron chi connectivity index (χ1n) is 4.65. The lowest BCUT2D eigenvalue weighted by Crippen LogP contribution is -2.07. The molecule has 4 nitrogen and oxygen atoms in total. The van der Waals surface area contributed by atoms with Crippen molar-refractivity contribution >= 4 is 5.69 Å². The molecule has 0 aliphatic rings. The first kappa shape index (κ1) is 11.4. The van der Waals surface area contributed by atoms with Gasteiger partial charge in [-0.3, -0.25) is 0 Å². The number of benzene rings is 1. The number of hydrogen-bond donors (Lipinski definition) is 1. The molecule has 0 aliphatic carbocycles. The van der Waals surface area contributed by atoms with Crippen molar-refractivity contribution in [3.63, 3.8) is 0 Å². The van der Waals surface area contributed by atoms with E-state index in [0.29, 0.717) is 11.3 Å². The maximum absolute atomic E-state index is 12.3. The van der Waals surface area contributed by atoms with Gasteiger partial charge in [0.25, 0.3) is 11.7 Å². The molecule has 0 saturated carbocycles. The highest BCUT2D eigenvalue weighted by Gasteiger charge is 2.37. The standard InChI is InChI=1S/C10H8F3N3O/c1-5-2-3-6(4-7(5)14)8-15-9(16-17-8)10(11,12)13/h2-4H,14H2,1H3. The third-order valence-corrected chi connectivity index (χ3v) is 2.21. The van der Waals surface area contributed by atoms with Crippen LogP contribution in [0.3, 0.4) is 0 Å². The van der Waals surface area contributed by atoms with Crippen LogP contribution in [0.25, 0.3) is 11.5 Å². The van der Waals surface area contributed by atoms with Crippen molar-refractivity contribution in [2.75, 3.05) is 5.73 Å². The van der Waals surface area contributed by atoms with Crippen LogP contribution in [0.4, 0.5) is 18.9 Å². The second kappa shape index (κ2) is 3.76. The second-order valence-corrected chi connectivity index (χ2v) is 3.49. The van der Waals surface area contributed by atoms with Gasteiger partial charge in [-0.25, -0.2) is 0 Å². The fourth-order valence-electron chi connectivity index (χ4n) is 1.23. The van der Waals surface area contributed by atoms with Crippen LogP contribution in [-0.4, -0.2) is 10.1 Å². The van der Waals surface area contributed by atoms with Crippen LogP contribution in [0.2, 0.25) is 0 Å². The van der Waals surface area contributed by atoms with Gasteiger partial charge in [-0.15, -0.1) is 0 Å². The van der Waals surface area contributed by atoms with E-state index in [1.807, 2.05) is 0 Å². The van der Waals surface area contributed by atoms with Gasteiger partial charge in [0.15, 0.2) is 0 Å². The van der Waals surface area contributed by atoms with Crippen molar-refractivity contribution in [1.82, 2.24) is 10.1 Å². The number of hydrogen-bond acceptors (Lipinski definition) is 4. The monoisotopic (exact) mass is 243 g/mol. The van der Waals surface area contributed by atoms with Gasteiger partial charge in [0, 0.05) is 11.3 Å². The molecule has 0 fully saturated rings. The highest BCUT2D eigenvalue weighted by atomic mass is 19.4. The molecule has 0 unspecified atom stereocenters. The van der Waals surface area contributed by atoms with Crippen LogP contribution in [0.1, 0.15) is 11.4 Å². The molecule has 17 heavy (non-hydrogen) atoms. The Kier molecular flexibility index (Phi) is 2.53. The summed E-state index contributed by atoms with van der Waals surface area (Å²) in [6.07, 6.45) is -4.61. The van der Waals surface area contributed by atoms with Crippen molar-refractivity contribution in [2.45, 2.75) is 13.1 Å². The van der Waals surface area contributed by atoms with Crippen LogP contribution in [-0.2, 0) is 6.18 Å². The minimum Gasteiger partial charge on any atom is -0.398 e. The number of aryl methyl sites for hydroxylation is 1. The molecular weight excluding hydrogens is 235 g/mol. The molecule has 2 N–H and O–H groups in total. The Morgan fingerprint density at radius 2 is 2.00 bits per heavy atom. The fourth-order valence-corrected chi connectivity index (χ4v) is 1.23. The molecule has 0 spiro atoms. The number of rotatable bonds is 1. The zero-order chi connectivity index (χ0) is 12.6. The lowest BCUT2D eigenvalue weighted by molar-refractivity contribution is -0.146. The molecule has 0 bridgehead atoms. The van der Waals surface area contributed by atoms with Crippen LogP contribution < -0.4 is 5.73 Å². The summed E-state index contributed by atoms with van der Waals surface area (Å²) in [4.78, 5) is 3.26. The van der Waals surface area contributed by atoms with Gasteiger partial charge in [-0.05, 0) is 24.6 Å². The number of halogens is 3. The largest absolute Gasteiger partial charge is 0.455 e. The zero-order valence-electron chi connectivity index (χ0n) is 8.75. The molecule has 0 aliphatic heterocycles. The number of nitrogens with two attached hydrogens (primary N) is 1. The number of aromatic nitrogens is 2. The molecule has 0 atom stereocenters. The van der Waals surface area contributed by atoms with E-state index in [1.54, 1.807) is 19.1 Å². The van der Waals surface area contributed by atoms with Gasteiger partial charge in [0.05, 0.1) is 0 Å². The Morgan fingerprint density at radius 1 is 1.29 bits per heavy atom. The number of anilines is 1. The summed E-state index contributed by atoms with van der Waals surface area (Å²) in [5.74, 6) is -1.50. The lowest BCUT2D eigenvalue weighted by atomic mass is 10.1. The van der Waals surface area contributed by atoms with E-state index in [0.717, 1.165) is 5.56 Å². The van der Waals surface area contributed by atoms with Crippen LogP contribution in [0, 0.1) is 6.92 Å². The van der Waals surface area contributed by atoms with Crippen molar-refractivity contribution in [1.29, 1.82) is 0 Å². The minimum absolute atomic E-state index is 0.205. The average molecular weight is 243 g/mol. The van der Waals surface area contributed by atoms with E-state index in [9.17, 15) is 13.2 Å². The lowest BCUT2D eigenvalue weighted by Gasteiger charge is -2.00. The molecule has 0 amide bonds. The highest BCUT2D eigenvalue weighted by molar-refractivity contribution is 5.62. The average Bonchev–Trinajstić information content (AvgIpc) is 2.70. The molecule has 90 valence electrons. The van der Waals surface area contributed by atoms with E-state index < -0.39 is 12.0 Å². The summed E-state index contributed by atoms with van der Waals surface area (Å²) in [6.45, 7) is 1.79. The number of alkyl halides is 3. The quantitative estimate of drug-likeness (QED) is 0.782. The van der Waals surface area contributed by atoms with Gasteiger partial charge in [-0.2, -0.15) is 18.2 Å². The molecular formula is C10H8F3N3O. The van der Waals surface area contributed by atoms with Crippen molar-refractivity contribution < 1.29 is 17.7 Å². The summed E-state index contributed by atoms with van der Waals surface area (Å²) < 4.78 is 41.3. The maximum Gasteiger partial charge on any atom is 0.455 e. The van der Waals surface area contributed by atoms with Crippen LogP contribution >= 0.6 is 0 Å². The first-order valence-corrected chi connectivity index (χ1v) is 4.65. The normalized spacial score (nSPS) is 11.8. The summed E-state index contributed by atoms with van der Waals surface area (Å²) in [5, 5.41) is 2.86. The molecule has 2 aromatic rings. The van der Waals surface area contributed by atoms with Gasteiger partial charge < -0.3 is 10.3 Å². The van der Waals surface area contributed by atoms with E-state index in [4.69, 9.17) is 5.73 Å². The second-order valence-electron chi connectivity index (χ2n) is 3.49. The van der Waals surface area contributed by atoms with Gasteiger partial charge >= 0.3 is 6.18 Å². The predicted octanol–water partition coefficient (Wildman–Crippen LogP) is 2.65. The summed E-state index contributed by atoms with van der Waals surface area (Å²) >= 11 is 0. The van der Waals surface area contributed by atoms with Crippen molar-refractivity contribution in [2.24, 2.45) is 0 Å². The third-order valence-electron chi connectivity index (χ3n) is 2.21. The molecule has 0 radical (unpaired) electrons. The van der Waals surface area contributed by atoms with Crippen LogP contribution in [0.15, 0.2) is 22.7 Å². The SMILES string of the molecule is Cc1ccc(-c2nc(C(F)(F)F)no2)cc1N. The number of nitrogen functional groups attached to an aromatic ring is 1. The van der Waals surface area contributed by atoms with E-state index >= 15 is 0 Å². The highest BCUT2D eigenvalue weighted by Crippen LogP contribution is 2.29. The van der Waals surface area contributed by atoms with Crippen molar-refractivity contribution in [3.05, 3.63) is 29.6 Å². The Bertz CT molecular complexity index is 548. The van der Waals surface area contributed by atoms with Gasteiger partial charge in [0.2, 0.25) is 0 Å². The molecule has 1 aromatic heterocycles. The summed E-state index contributed by atoms with van der Waals surface area (Å²) in [5.41, 5.74) is 7.27. The fraction of sp³-hybridized carbons (Fsp3) is 0.200. The van der Waals surface area contributed by atoms with E-state index in [2.05, 4.69) is 14.7 Å². The number of nitrogens with zero attached hydrogens (tertiary/aromatic N) is 2. The Balaban J connectivity index is 2.40. The summed E-state index contributed by atoms with van der Waals surface area (Å²) in [6, 6.07) is 4.73. The summed E-state index contributed by atoms with van der Waals surface area (Å²) in [7, 11) is 0. The molecule has 0 saturated heterocycles. The molecule has 2 rings (SSSR count). The zero-order valence-corrected chi connectivity index (χ0v) is 8.75. The predicted molar refractivity (Wildman–Crippen MR) is 53.9 cm³/mol. The topological polar surface area (TPSA) is 64.9 Å². The molecule has 1 heterocycles. The van der Waals surface area contributed by atoms with Crippen molar-refractivity contribution in [3.8, 4) is 11.5 Å². The van der Waals surface area contributed by atoms with Crippen LogP contribution in [0.5, 0.6) is 0 Å². The maximum atomic E-state index is 12.3. The molecule has 1 aromatic carbocycles. The van der Waals surface area contributed by atoms with E-state index in [-0.39, 0.29) is 5.89 Å². The smallest absolute Gasteiger partial charge is 0.398 e. The minimum atomic E-state index is -4.61. The Hall–Kier alpha value is -2.05. The van der Waals surface area contributed by atoms with E-state index in [1.165, 1.54) is 6.07 Å². The first-order chi connectivity index (χ1) is 7.88. The molecule has 7 heteroatoms. The Morgan fingerprint density at radius 3 is 2.53 bits per heavy atom.